The Morgan fingerprint density at radius 2 is 1.63 bits per heavy atom. The van der Waals surface area contributed by atoms with Crippen LogP contribution >= 0.6 is 34.8 Å². The molecule has 0 unspecified atom stereocenters. The molecule has 2 N–H and O–H groups in total. The number of benzene rings is 3. The van der Waals surface area contributed by atoms with Gasteiger partial charge in [0.25, 0.3) is 5.56 Å². The molecule has 7 nitrogen and oxygen atoms in total. The highest BCUT2D eigenvalue weighted by Gasteiger charge is 2.17. The number of hydrogen-bond donors (Lipinski definition) is 2. The average Bonchev–Trinajstić information content (AvgIpc) is 3.09. The number of H-pyrrole nitrogens is 1. The van der Waals surface area contributed by atoms with Gasteiger partial charge in [-0.25, -0.2) is 17.8 Å². The predicted octanol–water partition coefficient (Wildman–Crippen LogP) is 5.66. The highest BCUT2D eigenvalue weighted by Crippen LogP contribution is 2.31. The lowest BCUT2D eigenvalue weighted by Gasteiger charge is -2.07. The van der Waals surface area contributed by atoms with Crippen LogP contribution in [-0.4, -0.2) is 24.4 Å². The molecule has 35 heavy (non-hydrogen) atoms. The molecule has 0 saturated heterocycles. The number of rotatable bonds is 7. The number of aliphatic imine (C=N–C) groups is 1. The molecule has 0 spiro atoms. The van der Waals surface area contributed by atoms with Crippen molar-refractivity contribution in [2.75, 3.05) is 0 Å². The maximum Gasteiger partial charge on any atom is 0.280 e. The number of nitrogens with zero attached hydrogens (tertiary/aromatic N) is 2. The fourth-order valence-electron chi connectivity index (χ4n) is 3.33. The van der Waals surface area contributed by atoms with E-state index in [0.717, 1.165) is 5.56 Å². The van der Waals surface area contributed by atoms with E-state index in [0.29, 0.717) is 22.0 Å². The Labute approximate surface area is 217 Å². The average molecular weight is 550 g/mol. The molecule has 4 rings (SSSR count). The Bertz CT molecular complexity index is 1540. The van der Waals surface area contributed by atoms with Gasteiger partial charge in [-0.1, -0.05) is 65.1 Å². The van der Waals surface area contributed by atoms with E-state index < -0.39 is 15.6 Å². The Kier molecular flexibility index (Phi) is 7.49. The maximum atomic E-state index is 13.0. The van der Waals surface area contributed by atoms with Crippen molar-refractivity contribution in [2.24, 2.45) is 4.99 Å². The lowest BCUT2D eigenvalue weighted by atomic mass is 10.2. The molecule has 0 radical (unpaired) electrons. The van der Waals surface area contributed by atoms with E-state index in [1.54, 1.807) is 19.1 Å². The zero-order valence-electron chi connectivity index (χ0n) is 18.3. The molecular formula is C24H19Cl3N4O3S. The van der Waals surface area contributed by atoms with Gasteiger partial charge in [0.2, 0.25) is 10.0 Å². The summed E-state index contributed by atoms with van der Waals surface area (Å²) in [6.45, 7) is 1.90. The number of nitrogens with one attached hydrogen (secondary N) is 2. The van der Waals surface area contributed by atoms with Gasteiger partial charge in [0.1, 0.15) is 5.69 Å². The number of halogens is 3. The molecule has 0 fully saturated rings. The maximum absolute atomic E-state index is 13.0. The van der Waals surface area contributed by atoms with Gasteiger partial charge in [-0.3, -0.25) is 14.9 Å². The van der Waals surface area contributed by atoms with Crippen LogP contribution in [0.1, 0.15) is 16.8 Å². The van der Waals surface area contributed by atoms with Crippen molar-refractivity contribution in [2.45, 2.75) is 18.4 Å². The van der Waals surface area contributed by atoms with Crippen molar-refractivity contribution >= 4 is 56.7 Å². The summed E-state index contributed by atoms with van der Waals surface area (Å²) in [4.78, 5) is 17.4. The normalized spacial score (nSPS) is 11.9. The van der Waals surface area contributed by atoms with Gasteiger partial charge in [-0.2, -0.15) is 0 Å². The van der Waals surface area contributed by atoms with Gasteiger partial charge in [0.05, 0.1) is 26.2 Å². The first-order valence-corrected chi connectivity index (χ1v) is 12.9. The summed E-state index contributed by atoms with van der Waals surface area (Å²) in [6, 6.07) is 18.2. The van der Waals surface area contributed by atoms with E-state index in [-0.39, 0.29) is 27.2 Å². The second-order valence-corrected chi connectivity index (χ2v) is 10.6. The minimum absolute atomic E-state index is 0.111. The minimum Gasteiger partial charge on any atom is -0.295 e. The molecule has 1 aromatic heterocycles. The number of aromatic nitrogens is 2. The lowest BCUT2D eigenvalue weighted by Crippen LogP contribution is -2.23. The molecule has 0 saturated carbocycles. The van der Waals surface area contributed by atoms with Crippen LogP contribution in [0.15, 0.2) is 81.4 Å². The van der Waals surface area contributed by atoms with Gasteiger partial charge in [0, 0.05) is 23.5 Å². The molecule has 11 heteroatoms. The lowest BCUT2D eigenvalue weighted by molar-refractivity contribution is 0.581. The highest BCUT2D eigenvalue weighted by molar-refractivity contribution is 7.89. The van der Waals surface area contributed by atoms with Crippen LogP contribution in [0.25, 0.3) is 5.69 Å². The molecule has 0 amide bonds. The molecular weight excluding hydrogens is 531 g/mol. The van der Waals surface area contributed by atoms with E-state index in [1.165, 1.54) is 35.2 Å². The van der Waals surface area contributed by atoms with Crippen LogP contribution in [0.2, 0.25) is 15.1 Å². The molecule has 3 aromatic carbocycles. The first-order chi connectivity index (χ1) is 16.7. The minimum atomic E-state index is -3.69. The topological polar surface area (TPSA) is 96.3 Å². The third-order valence-corrected chi connectivity index (χ3v) is 7.33. The quantitative estimate of drug-likeness (QED) is 0.291. The highest BCUT2D eigenvalue weighted by atomic mass is 35.5. The molecule has 0 aliphatic heterocycles. The molecule has 180 valence electrons. The van der Waals surface area contributed by atoms with Crippen molar-refractivity contribution in [1.82, 2.24) is 14.5 Å². The number of hydrogen-bond acceptors (Lipinski definition) is 4. The summed E-state index contributed by atoms with van der Waals surface area (Å²) in [6.07, 6.45) is 1.40. The smallest absolute Gasteiger partial charge is 0.280 e. The van der Waals surface area contributed by atoms with E-state index in [4.69, 9.17) is 34.8 Å². The molecule has 4 aromatic rings. The standard InChI is InChI=1S/C24H19Cl3N4O3S/c1-15-20(24(32)31(30-15)23-21(26)11-17(25)12-22(23)27)14-28-18-7-9-19(10-8-18)35(33,34)29-13-16-5-3-2-4-6-16/h2-12,14,29-30H,13H2,1H3. The first-order valence-electron chi connectivity index (χ1n) is 10.3. The van der Waals surface area contributed by atoms with Gasteiger partial charge in [-0.15, -0.1) is 0 Å². The molecule has 0 bridgehead atoms. The Hall–Kier alpha value is -2.88. The van der Waals surface area contributed by atoms with Gasteiger partial charge in [0.15, 0.2) is 0 Å². The number of aromatic amines is 1. The largest absolute Gasteiger partial charge is 0.295 e. The third-order valence-electron chi connectivity index (χ3n) is 5.12. The summed E-state index contributed by atoms with van der Waals surface area (Å²) < 4.78 is 28.9. The summed E-state index contributed by atoms with van der Waals surface area (Å²) in [5, 5.41) is 3.72. The van der Waals surface area contributed by atoms with Crippen molar-refractivity contribution in [3.05, 3.63) is 109 Å². The van der Waals surface area contributed by atoms with Crippen molar-refractivity contribution in [3.8, 4) is 5.69 Å². The summed E-state index contributed by atoms with van der Waals surface area (Å²) in [5.74, 6) is 0. The summed E-state index contributed by atoms with van der Waals surface area (Å²) in [7, 11) is -3.69. The fraction of sp³-hybridized carbons (Fsp3) is 0.0833. The monoisotopic (exact) mass is 548 g/mol. The molecule has 0 atom stereocenters. The third kappa shape index (κ3) is 5.69. The Morgan fingerprint density at radius 3 is 2.26 bits per heavy atom. The Balaban J connectivity index is 1.54. The fourth-order valence-corrected chi connectivity index (χ4v) is 5.33. The molecule has 1 heterocycles. The van der Waals surface area contributed by atoms with Crippen LogP contribution in [-0.2, 0) is 16.6 Å². The van der Waals surface area contributed by atoms with Crippen LogP contribution < -0.4 is 10.3 Å². The van der Waals surface area contributed by atoms with Crippen LogP contribution in [0.4, 0.5) is 5.69 Å². The van der Waals surface area contributed by atoms with Gasteiger partial charge >= 0.3 is 0 Å². The number of sulfonamides is 1. The zero-order valence-corrected chi connectivity index (χ0v) is 21.4. The van der Waals surface area contributed by atoms with Gasteiger partial charge < -0.3 is 0 Å². The summed E-state index contributed by atoms with van der Waals surface area (Å²) >= 11 is 18.5. The van der Waals surface area contributed by atoms with Crippen molar-refractivity contribution in [1.29, 1.82) is 0 Å². The second kappa shape index (κ2) is 10.4. The van der Waals surface area contributed by atoms with Crippen LogP contribution in [0.5, 0.6) is 0 Å². The van der Waals surface area contributed by atoms with Crippen molar-refractivity contribution in [3.63, 3.8) is 0 Å². The first kappa shape index (κ1) is 25.2. The predicted molar refractivity (Wildman–Crippen MR) is 140 cm³/mol. The SMILES string of the molecule is Cc1[nH]n(-c2c(Cl)cc(Cl)cc2Cl)c(=O)c1C=Nc1ccc(S(=O)(=O)NCc2ccccc2)cc1. The molecule has 0 aliphatic rings. The number of aryl methyl sites for hydroxylation is 1. The van der Waals surface area contributed by atoms with E-state index >= 15 is 0 Å². The van der Waals surface area contributed by atoms with Crippen LogP contribution in [0.3, 0.4) is 0 Å². The Morgan fingerprint density at radius 1 is 1.00 bits per heavy atom. The second-order valence-electron chi connectivity index (χ2n) is 7.57. The van der Waals surface area contributed by atoms with Crippen LogP contribution in [0, 0.1) is 6.92 Å². The summed E-state index contributed by atoms with van der Waals surface area (Å²) in [5.41, 5.74) is 2.05. The van der Waals surface area contributed by atoms with E-state index in [2.05, 4.69) is 14.8 Å². The van der Waals surface area contributed by atoms with Crippen molar-refractivity contribution < 1.29 is 8.42 Å². The van der Waals surface area contributed by atoms with Gasteiger partial charge in [-0.05, 0) is 48.9 Å². The van der Waals surface area contributed by atoms with E-state index in [1.807, 2.05) is 30.3 Å². The zero-order chi connectivity index (χ0) is 25.2. The molecule has 0 aliphatic carbocycles. The van der Waals surface area contributed by atoms with E-state index in [9.17, 15) is 13.2 Å².